The maximum atomic E-state index is 11.5. The Morgan fingerprint density at radius 1 is 1.38 bits per heavy atom. The van der Waals surface area contributed by atoms with Gasteiger partial charge < -0.3 is 9.47 Å². The van der Waals surface area contributed by atoms with E-state index in [1.165, 1.54) is 0 Å². The van der Waals surface area contributed by atoms with Gasteiger partial charge in [-0.05, 0) is 31.0 Å². The van der Waals surface area contributed by atoms with Gasteiger partial charge in [0.2, 0.25) is 10.0 Å². The van der Waals surface area contributed by atoms with Gasteiger partial charge in [-0.25, -0.2) is 13.1 Å². The van der Waals surface area contributed by atoms with Crippen LogP contribution in [0.15, 0.2) is 18.2 Å². The van der Waals surface area contributed by atoms with Crippen LogP contribution in [0.4, 0.5) is 0 Å². The van der Waals surface area contributed by atoms with Crippen molar-refractivity contribution in [2.75, 3.05) is 33.1 Å². The molecule has 1 aromatic rings. The third-order valence-electron chi connectivity index (χ3n) is 3.86. The molecule has 1 saturated heterocycles. The van der Waals surface area contributed by atoms with Gasteiger partial charge in [-0.15, -0.1) is 0 Å². The molecule has 1 heterocycles. The summed E-state index contributed by atoms with van der Waals surface area (Å²) in [7, 11) is -1.66. The Labute approximate surface area is 130 Å². The molecular formula is C14H20ClNO4S. The Bertz CT molecular complexity index is 597. The highest BCUT2D eigenvalue weighted by Crippen LogP contribution is 2.40. The normalized spacial score (nSPS) is 18.4. The lowest BCUT2D eigenvalue weighted by molar-refractivity contribution is 0.0509. The molecule has 2 rings (SSSR count). The molecule has 1 aliphatic rings. The van der Waals surface area contributed by atoms with Gasteiger partial charge in [-0.2, -0.15) is 0 Å². The van der Waals surface area contributed by atoms with Gasteiger partial charge in [-0.1, -0.05) is 11.6 Å². The van der Waals surface area contributed by atoms with Crippen molar-refractivity contribution in [3.63, 3.8) is 0 Å². The van der Waals surface area contributed by atoms with Gasteiger partial charge in [0.15, 0.2) is 0 Å². The molecule has 118 valence electrons. The zero-order valence-electron chi connectivity index (χ0n) is 12.2. The molecule has 0 atom stereocenters. The molecule has 0 spiro atoms. The first kappa shape index (κ1) is 16.5. The van der Waals surface area contributed by atoms with Crippen molar-refractivity contribution in [1.82, 2.24) is 4.72 Å². The minimum atomic E-state index is -3.26. The fourth-order valence-electron chi connectivity index (χ4n) is 2.67. The molecule has 0 aromatic heterocycles. The number of ether oxygens (including phenoxy) is 2. The molecular weight excluding hydrogens is 314 g/mol. The number of benzene rings is 1. The lowest BCUT2D eigenvalue weighted by atomic mass is 9.74. The summed E-state index contributed by atoms with van der Waals surface area (Å²) in [5.74, 6) is 0.719. The first-order chi connectivity index (χ1) is 9.86. The maximum Gasteiger partial charge on any atom is 0.208 e. The first-order valence-electron chi connectivity index (χ1n) is 6.73. The minimum Gasteiger partial charge on any atom is -0.496 e. The van der Waals surface area contributed by atoms with E-state index in [0.29, 0.717) is 37.6 Å². The average molecular weight is 334 g/mol. The van der Waals surface area contributed by atoms with Crippen LogP contribution >= 0.6 is 11.6 Å². The van der Waals surface area contributed by atoms with Crippen molar-refractivity contribution in [3.8, 4) is 5.75 Å². The predicted octanol–water partition coefficient (Wildman–Crippen LogP) is 1.95. The summed E-state index contributed by atoms with van der Waals surface area (Å²) in [6, 6.07) is 5.44. The quantitative estimate of drug-likeness (QED) is 0.894. The van der Waals surface area contributed by atoms with Crippen LogP contribution in [0.2, 0.25) is 5.02 Å². The zero-order valence-corrected chi connectivity index (χ0v) is 13.8. The van der Waals surface area contributed by atoms with E-state index < -0.39 is 10.0 Å². The second-order valence-electron chi connectivity index (χ2n) is 5.33. The van der Waals surface area contributed by atoms with Crippen molar-refractivity contribution >= 4 is 21.6 Å². The molecule has 1 aromatic carbocycles. The second kappa shape index (κ2) is 6.52. The Hall–Kier alpha value is -0.820. The van der Waals surface area contributed by atoms with E-state index in [0.717, 1.165) is 17.6 Å². The van der Waals surface area contributed by atoms with Gasteiger partial charge in [0.05, 0.1) is 13.4 Å². The van der Waals surface area contributed by atoms with Crippen LogP contribution in [0.3, 0.4) is 0 Å². The highest BCUT2D eigenvalue weighted by atomic mass is 35.5. The highest BCUT2D eigenvalue weighted by molar-refractivity contribution is 7.88. The standard InChI is InChI=1S/C14H20ClNO4S/c1-19-13-4-3-11(15)9-12(13)14(5-7-20-8-6-14)10-16-21(2,17)18/h3-4,9,16H,5-8,10H2,1-2H3. The number of methoxy groups -OCH3 is 1. The van der Waals surface area contributed by atoms with E-state index in [-0.39, 0.29) is 5.41 Å². The Morgan fingerprint density at radius 2 is 2.05 bits per heavy atom. The summed E-state index contributed by atoms with van der Waals surface area (Å²) >= 11 is 6.12. The molecule has 7 heteroatoms. The van der Waals surface area contributed by atoms with Crippen LogP contribution in [-0.2, 0) is 20.2 Å². The SMILES string of the molecule is COc1ccc(Cl)cc1C1(CNS(C)(=O)=O)CCOCC1. The van der Waals surface area contributed by atoms with E-state index in [9.17, 15) is 8.42 Å². The van der Waals surface area contributed by atoms with Crippen LogP contribution < -0.4 is 9.46 Å². The number of hydrogen-bond acceptors (Lipinski definition) is 4. The van der Waals surface area contributed by atoms with Gasteiger partial charge in [0.1, 0.15) is 5.75 Å². The van der Waals surface area contributed by atoms with Crippen LogP contribution in [0.5, 0.6) is 5.75 Å². The summed E-state index contributed by atoms with van der Waals surface area (Å²) < 4.78 is 36.4. The number of sulfonamides is 1. The molecule has 1 N–H and O–H groups in total. The molecule has 1 aliphatic heterocycles. The zero-order chi connectivity index (χ0) is 15.5. The van der Waals surface area contributed by atoms with Gasteiger partial charge in [0.25, 0.3) is 0 Å². The van der Waals surface area contributed by atoms with Gasteiger partial charge >= 0.3 is 0 Å². The summed E-state index contributed by atoms with van der Waals surface area (Å²) in [5, 5.41) is 0.607. The summed E-state index contributed by atoms with van der Waals surface area (Å²) in [6.07, 6.45) is 2.59. The number of rotatable bonds is 5. The van der Waals surface area contributed by atoms with Crippen LogP contribution in [-0.4, -0.2) is 41.5 Å². The molecule has 0 unspecified atom stereocenters. The smallest absolute Gasteiger partial charge is 0.208 e. The third-order valence-corrected chi connectivity index (χ3v) is 4.76. The van der Waals surface area contributed by atoms with Crippen LogP contribution in [0, 0.1) is 0 Å². The number of hydrogen-bond donors (Lipinski definition) is 1. The minimum absolute atomic E-state index is 0.311. The monoisotopic (exact) mass is 333 g/mol. The fourth-order valence-corrected chi connectivity index (χ4v) is 3.38. The molecule has 1 fully saturated rings. The van der Waals surface area contributed by atoms with Gasteiger partial charge in [0, 0.05) is 35.8 Å². The maximum absolute atomic E-state index is 11.5. The van der Waals surface area contributed by atoms with Crippen molar-refractivity contribution < 1.29 is 17.9 Å². The molecule has 0 aliphatic carbocycles. The topological polar surface area (TPSA) is 64.6 Å². The van der Waals surface area contributed by atoms with Crippen molar-refractivity contribution in [2.24, 2.45) is 0 Å². The van der Waals surface area contributed by atoms with Gasteiger partial charge in [-0.3, -0.25) is 0 Å². The Kier molecular flexibility index (Phi) is 5.14. The van der Waals surface area contributed by atoms with Crippen LogP contribution in [0.1, 0.15) is 18.4 Å². The number of halogens is 1. The summed E-state index contributed by atoms with van der Waals surface area (Å²) in [4.78, 5) is 0. The van der Waals surface area contributed by atoms with E-state index in [4.69, 9.17) is 21.1 Å². The lowest BCUT2D eigenvalue weighted by Gasteiger charge is -2.38. The molecule has 0 bridgehead atoms. The predicted molar refractivity (Wildman–Crippen MR) is 82.6 cm³/mol. The highest BCUT2D eigenvalue weighted by Gasteiger charge is 2.37. The van der Waals surface area contributed by atoms with E-state index >= 15 is 0 Å². The van der Waals surface area contributed by atoms with E-state index in [2.05, 4.69) is 4.72 Å². The van der Waals surface area contributed by atoms with Crippen molar-refractivity contribution in [1.29, 1.82) is 0 Å². The van der Waals surface area contributed by atoms with Crippen molar-refractivity contribution in [3.05, 3.63) is 28.8 Å². The first-order valence-corrected chi connectivity index (χ1v) is 9.00. The molecule has 0 saturated carbocycles. The van der Waals surface area contributed by atoms with E-state index in [1.54, 1.807) is 13.2 Å². The van der Waals surface area contributed by atoms with Crippen molar-refractivity contribution in [2.45, 2.75) is 18.3 Å². The third kappa shape index (κ3) is 4.10. The fraction of sp³-hybridized carbons (Fsp3) is 0.571. The average Bonchev–Trinajstić information content (AvgIpc) is 2.45. The number of nitrogens with one attached hydrogen (secondary N) is 1. The summed E-state index contributed by atoms with van der Waals surface area (Å²) in [6.45, 7) is 1.48. The lowest BCUT2D eigenvalue weighted by Crippen LogP contribution is -2.44. The van der Waals surface area contributed by atoms with Crippen LogP contribution in [0.25, 0.3) is 0 Å². The Morgan fingerprint density at radius 3 is 2.62 bits per heavy atom. The molecule has 21 heavy (non-hydrogen) atoms. The van der Waals surface area contributed by atoms with E-state index in [1.807, 2.05) is 12.1 Å². The molecule has 5 nitrogen and oxygen atoms in total. The Balaban J connectivity index is 2.42. The molecule has 0 amide bonds. The largest absolute Gasteiger partial charge is 0.496 e. The molecule has 0 radical (unpaired) electrons. The summed E-state index contributed by atoms with van der Waals surface area (Å²) in [5.41, 5.74) is 0.564. The second-order valence-corrected chi connectivity index (χ2v) is 7.60.